The summed E-state index contributed by atoms with van der Waals surface area (Å²) in [5.74, 6) is 0.739. The van der Waals surface area contributed by atoms with Gasteiger partial charge in [0.2, 0.25) is 16.0 Å². The number of nitrogens with one attached hydrogen (secondary N) is 2. The fraction of sp³-hybridized carbons (Fsp3) is 0.400. The Hall–Kier alpha value is -4.10. The first-order chi connectivity index (χ1) is 20.7. The molecular weight excluding hydrogens is 604 g/mol. The van der Waals surface area contributed by atoms with Crippen LogP contribution in [0.4, 0.5) is 11.6 Å². The number of aryl methyl sites for hydroxylation is 3. The maximum Gasteiger partial charge on any atom is 0.285 e. The van der Waals surface area contributed by atoms with E-state index in [0.717, 1.165) is 47.3 Å². The Balaban J connectivity index is 1.48. The summed E-state index contributed by atoms with van der Waals surface area (Å²) in [7, 11) is -2.10. The second-order valence-corrected chi connectivity index (χ2v) is 13.5. The van der Waals surface area contributed by atoms with E-state index in [1.807, 2.05) is 50.7 Å². The number of pyridine rings is 1. The lowest BCUT2D eigenvalue weighted by Gasteiger charge is -2.33. The number of hydrogen-bond acceptors (Lipinski definition) is 10. The molecule has 1 amide bonds. The number of piperidine rings is 1. The highest BCUT2D eigenvalue weighted by Gasteiger charge is 2.27. The fourth-order valence-electron chi connectivity index (χ4n) is 5.49. The van der Waals surface area contributed by atoms with Crippen LogP contribution in [-0.4, -0.2) is 58.2 Å². The molecule has 1 aliphatic rings. The lowest BCUT2D eigenvalue weighted by molar-refractivity contribution is 0.0977. The van der Waals surface area contributed by atoms with Crippen LogP contribution in [0.1, 0.15) is 70.4 Å². The van der Waals surface area contributed by atoms with Crippen molar-refractivity contribution in [2.45, 2.75) is 52.5 Å². The minimum absolute atomic E-state index is 0.0329. The van der Waals surface area contributed by atoms with Gasteiger partial charge in [-0.1, -0.05) is 17.7 Å². The number of carbonyl (C=O) groups is 1. The van der Waals surface area contributed by atoms with Crippen LogP contribution in [0.15, 0.2) is 35.3 Å². The molecule has 0 radical (unpaired) electrons. The van der Waals surface area contributed by atoms with Gasteiger partial charge < -0.3 is 10.2 Å². The van der Waals surface area contributed by atoms with Crippen molar-refractivity contribution in [3.8, 4) is 0 Å². The van der Waals surface area contributed by atoms with Crippen molar-refractivity contribution >= 4 is 50.1 Å². The summed E-state index contributed by atoms with van der Waals surface area (Å²) >= 11 is 6.04. The van der Waals surface area contributed by atoms with E-state index in [4.69, 9.17) is 21.6 Å². The maximum atomic E-state index is 13.7. The fourth-order valence-corrected chi connectivity index (χ4v) is 6.07. The molecule has 1 atom stereocenters. The van der Waals surface area contributed by atoms with E-state index < -0.39 is 22.0 Å². The molecule has 14 heteroatoms. The predicted octanol–water partition coefficient (Wildman–Crippen LogP) is 3.94. The summed E-state index contributed by atoms with van der Waals surface area (Å²) in [4.78, 5) is 46.9. The van der Waals surface area contributed by atoms with Crippen molar-refractivity contribution in [1.82, 2.24) is 29.2 Å². The molecule has 0 spiro atoms. The molecule has 1 aromatic carbocycles. The minimum Gasteiger partial charge on any atom is -0.377 e. The Bertz CT molecular complexity index is 1940. The Morgan fingerprint density at radius 1 is 1.09 bits per heavy atom. The quantitative estimate of drug-likeness (QED) is 0.285. The van der Waals surface area contributed by atoms with E-state index >= 15 is 0 Å². The zero-order valence-electron chi connectivity index (χ0n) is 25.5. The lowest BCUT2D eigenvalue weighted by Crippen LogP contribution is -2.38. The number of anilines is 2. The molecule has 4 aromatic rings. The summed E-state index contributed by atoms with van der Waals surface area (Å²) in [5, 5.41) is 3.76. The molecular formula is C30H35ClN8O4S. The third-order valence-electron chi connectivity index (χ3n) is 7.91. The monoisotopic (exact) mass is 638 g/mol. The number of sulfonamides is 1. The number of carbonyl (C=O) groups excluding carboxylic acids is 1. The van der Waals surface area contributed by atoms with E-state index in [2.05, 4.69) is 20.2 Å². The van der Waals surface area contributed by atoms with Crippen LogP contribution in [-0.2, 0) is 17.1 Å². The predicted molar refractivity (Wildman–Crippen MR) is 171 cm³/mol. The highest BCUT2D eigenvalue weighted by molar-refractivity contribution is 7.89. The minimum atomic E-state index is -3.83. The van der Waals surface area contributed by atoms with E-state index in [1.54, 1.807) is 17.7 Å². The summed E-state index contributed by atoms with van der Waals surface area (Å²) in [6, 6.07) is 6.37. The van der Waals surface area contributed by atoms with Crippen LogP contribution in [0.5, 0.6) is 0 Å². The highest BCUT2D eigenvalue weighted by atomic mass is 35.5. The maximum absolute atomic E-state index is 13.7. The number of nitrogens with zero attached hydrogens (tertiary/aromatic N) is 6. The van der Waals surface area contributed by atoms with Gasteiger partial charge in [0.25, 0.3) is 11.5 Å². The van der Waals surface area contributed by atoms with Crippen LogP contribution in [0.25, 0.3) is 10.9 Å². The number of rotatable bonds is 7. The molecule has 1 fully saturated rings. The van der Waals surface area contributed by atoms with Crippen LogP contribution < -0.4 is 20.5 Å². The van der Waals surface area contributed by atoms with Crippen LogP contribution in [0, 0.1) is 20.8 Å². The molecule has 44 heavy (non-hydrogen) atoms. The van der Waals surface area contributed by atoms with Gasteiger partial charge in [-0.2, -0.15) is 0 Å². The summed E-state index contributed by atoms with van der Waals surface area (Å²) in [6.07, 6.45) is 4.42. The van der Waals surface area contributed by atoms with Gasteiger partial charge in [-0.25, -0.2) is 33.1 Å². The molecule has 232 valence electrons. The molecule has 0 unspecified atom stereocenters. The Kier molecular flexibility index (Phi) is 8.63. The molecule has 3 aromatic heterocycles. The lowest BCUT2D eigenvalue weighted by atomic mass is 9.96. The van der Waals surface area contributed by atoms with Crippen molar-refractivity contribution in [2.24, 2.45) is 7.05 Å². The summed E-state index contributed by atoms with van der Waals surface area (Å²) in [6.45, 7) is 9.15. The Morgan fingerprint density at radius 3 is 2.45 bits per heavy atom. The number of aromatic nitrogens is 5. The third-order valence-corrected chi connectivity index (χ3v) is 8.68. The molecule has 12 nitrogen and oxygen atoms in total. The van der Waals surface area contributed by atoms with Crippen molar-refractivity contribution in [3.63, 3.8) is 0 Å². The van der Waals surface area contributed by atoms with Crippen LogP contribution in [0.3, 0.4) is 0 Å². The number of hydrogen-bond donors (Lipinski definition) is 2. The SMILES string of the molecule is Cc1cc([C@@H](C)Nc2ccc(Cl)nc2C(=O)NS(C)(=O)=O)c2nc(N3CCC(c4ncc(C)c(C)n4)CC3)n(C)c(=O)c2c1. The van der Waals surface area contributed by atoms with Gasteiger partial charge in [-0.15, -0.1) is 0 Å². The first-order valence-corrected chi connectivity index (χ1v) is 16.5. The Morgan fingerprint density at radius 2 is 1.80 bits per heavy atom. The third kappa shape index (κ3) is 6.53. The molecule has 1 saturated heterocycles. The van der Waals surface area contributed by atoms with Gasteiger partial charge in [0.1, 0.15) is 11.0 Å². The standard InChI is InChI=1S/C30H35ClN8O4S/c1-16-13-21(19(4)33-23-7-8-24(31)35-26(23)28(40)37-44(6,42)43)25-22(14-16)29(41)38(5)30(36-25)39-11-9-20(10-12-39)27-32-15-17(2)18(3)34-27/h7-8,13-15,19-20,33H,9-12H2,1-6H3,(H,37,40)/t19-/m1/s1. The Labute approximate surface area is 261 Å². The smallest absolute Gasteiger partial charge is 0.285 e. The average molecular weight is 639 g/mol. The van der Waals surface area contributed by atoms with Crippen LogP contribution >= 0.6 is 11.6 Å². The molecule has 4 heterocycles. The number of halogens is 1. The van der Waals surface area contributed by atoms with Crippen molar-refractivity contribution < 1.29 is 13.2 Å². The van der Waals surface area contributed by atoms with E-state index in [9.17, 15) is 18.0 Å². The molecule has 2 N–H and O–H groups in total. The second kappa shape index (κ2) is 12.1. The number of benzene rings is 1. The molecule has 0 saturated carbocycles. The van der Waals surface area contributed by atoms with E-state index in [1.165, 1.54) is 6.07 Å². The zero-order chi connectivity index (χ0) is 31.9. The second-order valence-electron chi connectivity index (χ2n) is 11.4. The van der Waals surface area contributed by atoms with Crippen molar-refractivity contribution in [1.29, 1.82) is 0 Å². The summed E-state index contributed by atoms with van der Waals surface area (Å²) < 4.78 is 27.0. The molecule has 5 rings (SSSR count). The average Bonchev–Trinajstić information content (AvgIpc) is 2.96. The van der Waals surface area contributed by atoms with E-state index in [-0.39, 0.29) is 28.0 Å². The van der Waals surface area contributed by atoms with Crippen molar-refractivity contribution in [2.75, 3.05) is 29.6 Å². The van der Waals surface area contributed by atoms with Crippen LogP contribution in [0.2, 0.25) is 5.15 Å². The number of fused-ring (bicyclic) bond motifs is 1. The van der Waals surface area contributed by atoms with E-state index in [0.29, 0.717) is 29.9 Å². The van der Waals surface area contributed by atoms with Crippen molar-refractivity contribution in [3.05, 3.63) is 79.9 Å². The molecule has 0 aliphatic carbocycles. The van der Waals surface area contributed by atoms with Gasteiger partial charge in [0.05, 0.1) is 28.9 Å². The highest BCUT2D eigenvalue weighted by Crippen LogP contribution is 2.31. The summed E-state index contributed by atoms with van der Waals surface area (Å²) in [5.41, 5.74) is 4.13. The van der Waals surface area contributed by atoms with Gasteiger partial charge in [-0.05, 0) is 69.9 Å². The molecule has 1 aliphatic heterocycles. The topological polar surface area (TPSA) is 152 Å². The largest absolute Gasteiger partial charge is 0.377 e. The van der Waals surface area contributed by atoms with Gasteiger partial charge >= 0.3 is 0 Å². The van der Waals surface area contributed by atoms with Gasteiger partial charge in [0, 0.05) is 43.5 Å². The molecule has 0 bridgehead atoms. The first kappa shape index (κ1) is 31.3. The number of amides is 1. The zero-order valence-corrected chi connectivity index (χ0v) is 27.0. The first-order valence-electron chi connectivity index (χ1n) is 14.2. The van der Waals surface area contributed by atoms with Gasteiger partial charge in [0.15, 0.2) is 5.69 Å². The normalized spacial score (nSPS) is 14.9. The van der Waals surface area contributed by atoms with Gasteiger partial charge in [-0.3, -0.25) is 14.2 Å².